The topological polar surface area (TPSA) is 85.4 Å². The van der Waals surface area contributed by atoms with Crippen molar-refractivity contribution in [3.05, 3.63) is 18.2 Å². The number of imidazole rings is 1. The van der Waals surface area contributed by atoms with Crippen molar-refractivity contribution in [2.75, 3.05) is 5.73 Å². The number of nitrogens with zero attached hydrogens (tertiary/aromatic N) is 4. The first-order valence-electron chi connectivity index (χ1n) is 4.59. The Morgan fingerprint density at radius 3 is 3.13 bits per heavy atom. The SMILES string of the molecule is CCn1cncc1CSc1n[nH]c(N)n1. The number of aromatic amines is 1. The molecule has 0 fully saturated rings. The number of aryl methyl sites for hydroxylation is 1. The Kier molecular flexibility index (Phi) is 2.91. The Morgan fingerprint density at radius 2 is 2.47 bits per heavy atom. The molecule has 0 aliphatic carbocycles. The van der Waals surface area contributed by atoms with Crippen molar-refractivity contribution in [3.8, 4) is 0 Å². The molecule has 80 valence electrons. The number of nitrogen functional groups attached to an aromatic ring is 1. The van der Waals surface area contributed by atoms with Crippen molar-refractivity contribution in [2.24, 2.45) is 0 Å². The van der Waals surface area contributed by atoms with E-state index >= 15 is 0 Å². The zero-order chi connectivity index (χ0) is 10.7. The van der Waals surface area contributed by atoms with Gasteiger partial charge in [0, 0.05) is 24.2 Å². The second-order valence-electron chi connectivity index (χ2n) is 2.96. The molecule has 15 heavy (non-hydrogen) atoms. The summed E-state index contributed by atoms with van der Waals surface area (Å²) >= 11 is 1.53. The van der Waals surface area contributed by atoms with E-state index in [1.54, 1.807) is 0 Å². The summed E-state index contributed by atoms with van der Waals surface area (Å²) in [5.41, 5.74) is 6.58. The molecular weight excluding hydrogens is 212 g/mol. The number of aromatic nitrogens is 5. The van der Waals surface area contributed by atoms with E-state index in [1.807, 2.05) is 12.5 Å². The summed E-state index contributed by atoms with van der Waals surface area (Å²) in [6.45, 7) is 3.01. The van der Waals surface area contributed by atoms with Gasteiger partial charge in [-0.1, -0.05) is 11.8 Å². The number of anilines is 1. The molecule has 2 aromatic rings. The molecular formula is C8H12N6S. The summed E-state index contributed by atoms with van der Waals surface area (Å²) in [4.78, 5) is 8.10. The molecule has 0 radical (unpaired) electrons. The van der Waals surface area contributed by atoms with E-state index in [0.29, 0.717) is 11.1 Å². The molecule has 0 saturated carbocycles. The van der Waals surface area contributed by atoms with Gasteiger partial charge in [-0.15, -0.1) is 5.10 Å². The fraction of sp³-hybridized carbons (Fsp3) is 0.375. The maximum Gasteiger partial charge on any atom is 0.216 e. The largest absolute Gasteiger partial charge is 0.368 e. The van der Waals surface area contributed by atoms with Gasteiger partial charge in [0.05, 0.1) is 6.33 Å². The first-order chi connectivity index (χ1) is 7.29. The van der Waals surface area contributed by atoms with Crippen molar-refractivity contribution < 1.29 is 0 Å². The fourth-order valence-electron chi connectivity index (χ4n) is 1.21. The Labute approximate surface area is 91.3 Å². The normalized spacial score (nSPS) is 10.7. The monoisotopic (exact) mass is 224 g/mol. The lowest BCUT2D eigenvalue weighted by Crippen LogP contribution is -1.97. The molecule has 0 aromatic carbocycles. The molecule has 2 rings (SSSR count). The van der Waals surface area contributed by atoms with Gasteiger partial charge < -0.3 is 10.3 Å². The Bertz CT molecular complexity index is 434. The Balaban J connectivity index is 1.98. The number of nitrogens with two attached hydrogens (primary N) is 1. The molecule has 0 spiro atoms. The molecule has 2 heterocycles. The van der Waals surface area contributed by atoms with Crippen LogP contribution in [0.4, 0.5) is 5.95 Å². The van der Waals surface area contributed by atoms with Crippen LogP contribution in [0.5, 0.6) is 0 Å². The van der Waals surface area contributed by atoms with Crippen LogP contribution in [0.2, 0.25) is 0 Å². The van der Waals surface area contributed by atoms with Gasteiger partial charge >= 0.3 is 0 Å². The second kappa shape index (κ2) is 4.35. The molecule has 0 saturated heterocycles. The smallest absolute Gasteiger partial charge is 0.216 e. The van der Waals surface area contributed by atoms with Crippen LogP contribution in [0.15, 0.2) is 17.7 Å². The standard InChI is InChI=1S/C8H12N6S/c1-2-14-5-10-3-6(14)4-15-8-11-7(9)12-13-8/h3,5H,2,4H2,1H3,(H3,9,11,12,13). The van der Waals surface area contributed by atoms with Crippen LogP contribution >= 0.6 is 11.8 Å². The third-order valence-corrected chi connectivity index (χ3v) is 2.85. The molecule has 0 amide bonds. The van der Waals surface area contributed by atoms with Gasteiger partial charge in [0.25, 0.3) is 0 Å². The number of H-pyrrole nitrogens is 1. The third-order valence-electron chi connectivity index (χ3n) is 1.97. The summed E-state index contributed by atoms with van der Waals surface area (Å²) in [6.07, 6.45) is 3.68. The highest BCUT2D eigenvalue weighted by Crippen LogP contribution is 2.18. The average molecular weight is 224 g/mol. The number of rotatable bonds is 4. The van der Waals surface area contributed by atoms with Gasteiger partial charge in [-0.05, 0) is 6.92 Å². The van der Waals surface area contributed by atoms with E-state index in [1.165, 1.54) is 11.8 Å². The molecule has 3 N–H and O–H groups in total. The van der Waals surface area contributed by atoms with Crippen LogP contribution in [0, 0.1) is 0 Å². The summed E-state index contributed by atoms with van der Waals surface area (Å²) in [5, 5.41) is 7.21. The van der Waals surface area contributed by atoms with Crippen molar-refractivity contribution >= 4 is 17.7 Å². The van der Waals surface area contributed by atoms with Gasteiger partial charge in [0.15, 0.2) is 0 Å². The van der Waals surface area contributed by atoms with Gasteiger partial charge in [0.1, 0.15) is 0 Å². The van der Waals surface area contributed by atoms with E-state index in [-0.39, 0.29) is 0 Å². The number of nitrogens with one attached hydrogen (secondary N) is 1. The lowest BCUT2D eigenvalue weighted by atomic mass is 10.5. The number of hydrogen-bond acceptors (Lipinski definition) is 5. The first-order valence-corrected chi connectivity index (χ1v) is 5.58. The predicted molar refractivity (Wildman–Crippen MR) is 58.3 cm³/mol. The molecule has 0 atom stereocenters. The maximum absolute atomic E-state index is 5.42. The molecule has 0 aliphatic heterocycles. The van der Waals surface area contributed by atoms with Gasteiger partial charge in [0.2, 0.25) is 11.1 Å². The van der Waals surface area contributed by atoms with Crippen molar-refractivity contribution in [1.82, 2.24) is 24.7 Å². The number of hydrogen-bond donors (Lipinski definition) is 2. The Hall–Kier alpha value is -1.50. The zero-order valence-corrected chi connectivity index (χ0v) is 9.16. The lowest BCUT2D eigenvalue weighted by molar-refractivity contribution is 0.733. The highest BCUT2D eigenvalue weighted by molar-refractivity contribution is 7.98. The van der Waals surface area contributed by atoms with Crippen LogP contribution in [-0.2, 0) is 12.3 Å². The average Bonchev–Trinajstić information content (AvgIpc) is 2.83. The fourth-order valence-corrected chi connectivity index (χ4v) is 2.00. The third kappa shape index (κ3) is 2.30. The maximum atomic E-state index is 5.42. The van der Waals surface area contributed by atoms with E-state index in [9.17, 15) is 0 Å². The summed E-state index contributed by atoms with van der Waals surface area (Å²) in [6, 6.07) is 0. The summed E-state index contributed by atoms with van der Waals surface area (Å²) in [5.74, 6) is 1.15. The van der Waals surface area contributed by atoms with Crippen LogP contribution in [0.3, 0.4) is 0 Å². The Morgan fingerprint density at radius 1 is 1.60 bits per heavy atom. The van der Waals surface area contributed by atoms with Crippen LogP contribution < -0.4 is 5.73 Å². The zero-order valence-electron chi connectivity index (χ0n) is 8.34. The van der Waals surface area contributed by atoms with Crippen LogP contribution in [0.25, 0.3) is 0 Å². The number of thioether (sulfide) groups is 1. The molecule has 0 unspecified atom stereocenters. The summed E-state index contributed by atoms with van der Waals surface area (Å²) in [7, 11) is 0. The van der Waals surface area contributed by atoms with Crippen molar-refractivity contribution in [3.63, 3.8) is 0 Å². The van der Waals surface area contributed by atoms with Crippen LogP contribution in [0.1, 0.15) is 12.6 Å². The van der Waals surface area contributed by atoms with Crippen LogP contribution in [-0.4, -0.2) is 24.7 Å². The predicted octanol–water partition coefficient (Wildman–Crippen LogP) is 0.896. The molecule has 2 aromatic heterocycles. The first kappa shape index (κ1) is 10.0. The van der Waals surface area contributed by atoms with Crippen molar-refractivity contribution in [2.45, 2.75) is 24.4 Å². The van der Waals surface area contributed by atoms with E-state index in [4.69, 9.17) is 5.73 Å². The molecule has 0 aliphatic rings. The van der Waals surface area contributed by atoms with Gasteiger partial charge in [-0.25, -0.2) is 10.1 Å². The highest BCUT2D eigenvalue weighted by Gasteiger charge is 2.04. The minimum absolute atomic E-state index is 0.349. The summed E-state index contributed by atoms with van der Waals surface area (Å²) < 4.78 is 2.09. The molecule has 0 bridgehead atoms. The highest BCUT2D eigenvalue weighted by atomic mass is 32.2. The van der Waals surface area contributed by atoms with E-state index in [2.05, 4.69) is 31.7 Å². The minimum Gasteiger partial charge on any atom is -0.368 e. The quantitative estimate of drug-likeness (QED) is 0.753. The molecule has 6 nitrogen and oxygen atoms in total. The van der Waals surface area contributed by atoms with Gasteiger partial charge in [-0.2, -0.15) is 4.98 Å². The second-order valence-corrected chi connectivity index (χ2v) is 3.91. The van der Waals surface area contributed by atoms with Gasteiger partial charge in [-0.3, -0.25) is 0 Å². The molecule has 7 heteroatoms. The van der Waals surface area contributed by atoms with E-state index in [0.717, 1.165) is 18.0 Å². The van der Waals surface area contributed by atoms with E-state index < -0.39 is 0 Å². The van der Waals surface area contributed by atoms with Crippen molar-refractivity contribution in [1.29, 1.82) is 0 Å². The lowest BCUT2D eigenvalue weighted by Gasteiger charge is -2.02. The minimum atomic E-state index is 0.349.